The molecule has 1 fully saturated rings. The SMILES string of the molecule is COCCN1CCCN(Cc2cc(C(=O)O)ccn2)CC1=O. The highest BCUT2D eigenvalue weighted by Gasteiger charge is 2.21. The molecule has 0 spiro atoms. The quantitative estimate of drug-likeness (QED) is 0.822. The van der Waals surface area contributed by atoms with Crippen LogP contribution < -0.4 is 0 Å². The Bertz CT molecular complexity index is 535. The molecule has 1 amide bonds. The van der Waals surface area contributed by atoms with Crippen LogP contribution in [0.2, 0.25) is 0 Å². The van der Waals surface area contributed by atoms with Gasteiger partial charge in [-0.05, 0) is 18.6 Å². The van der Waals surface area contributed by atoms with Crippen LogP contribution in [0.1, 0.15) is 22.5 Å². The van der Waals surface area contributed by atoms with E-state index in [1.54, 1.807) is 13.2 Å². The normalized spacial score (nSPS) is 16.6. The Labute approximate surface area is 129 Å². The zero-order valence-electron chi connectivity index (χ0n) is 12.7. The van der Waals surface area contributed by atoms with Gasteiger partial charge in [0.25, 0.3) is 0 Å². The maximum Gasteiger partial charge on any atom is 0.335 e. The zero-order chi connectivity index (χ0) is 15.9. The van der Waals surface area contributed by atoms with E-state index >= 15 is 0 Å². The molecule has 0 aromatic carbocycles. The van der Waals surface area contributed by atoms with Crippen molar-refractivity contribution in [1.29, 1.82) is 0 Å². The smallest absolute Gasteiger partial charge is 0.335 e. The van der Waals surface area contributed by atoms with Crippen molar-refractivity contribution in [3.63, 3.8) is 0 Å². The molecular weight excluding hydrogens is 286 g/mol. The summed E-state index contributed by atoms with van der Waals surface area (Å²) >= 11 is 0. The third-order valence-corrected chi connectivity index (χ3v) is 3.63. The van der Waals surface area contributed by atoms with Crippen molar-refractivity contribution in [3.05, 3.63) is 29.6 Å². The Kier molecular flexibility index (Phi) is 5.85. The van der Waals surface area contributed by atoms with Gasteiger partial charge in [0.05, 0.1) is 24.4 Å². The summed E-state index contributed by atoms with van der Waals surface area (Å²) in [5.41, 5.74) is 0.880. The van der Waals surface area contributed by atoms with Gasteiger partial charge in [-0.2, -0.15) is 0 Å². The van der Waals surface area contributed by atoms with E-state index < -0.39 is 5.97 Å². The van der Waals surface area contributed by atoms with E-state index in [-0.39, 0.29) is 11.5 Å². The largest absolute Gasteiger partial charge is 0.478 e. The van der Waals surface area contributed by atoms with Crippen LogP contribution in [0, 0.1) is 0 Å². The molecule has 1 N–H and O–H groups in total. The predicted molar refractivity (Wildman–Crippen MR) is 79.5 cm³/mol. The molecule has 1 aliphatic rings. The molecule has 0 atom stereocenters. The average Bonchev–Trinajstić information content (AvgIpc) is 2.66. The van der Waals surface area contributed by atoms with Crippen LogP contribution in [-0.2, 0) is 16.1 Å². The van der Waals surface area contributed by atoms with E-state index in [4.69, 9.17) is 9.84 Å². The summed E-state index contributed by atoms with van der Waals surface area (Å²) in [7, 11) is 1.62. The zero-order valence-corrected chi connectivity index (χ0v) is 12.7. The van der Waals surface area contributed by atoms with Crippen molar-refractivity contribution < 1.29 is 19.4 Å². The molecule has 1 aromatic rings. The van der Waals surface area contributed by atoms with Gasteiger partial charge in [0.2, 0.25) is 5.91 Å². The van der Waals surface area contributed by atoms with Gasteiger partial charge < -0.3 is 14.7 Å². The molecule has 0 aliphatic carbocycles. The third-order valence-electron chi connectivity index (χ3n) is 3.63. The standard InChI is InChI=1S/C15H21N3O4/c1-22-8-7-18-6-2-5-17(11-14(18)19)10-13-9-12(15(20)21)3-4-16-13/h3-4,9H,2,5-8,10-11H2,1H3,(H,20,21). The second-order valence-electron chi connectivity index (χ2n) is 5.28. The van der Waals surface area contributed by atoms with Crippen molar-refractivity contribution in [1.82, 2.24) is 14.8 Å². The molecule has 22 heavy (non-hydrogen) atoms. The van der Waals surface area contributed by atoms with Crippen molar-refractivity contribution in [2.45, 2.75) is 13.0 Å². The molecule has 1 aliphatic heterocycles. The van der Waals surface area contributed by atoms with Gasteiger partial charge in [-0.1, -0.05) is 0 Å². The molecule has 0 bridgehead atoms. The number of carboxylic acids is 1. The van der Waals surface area contributed by atoms with Crippen molar-refractivity contribution in [2.75, 3.05) is 39.9 Å². The molecule has 120 valence electrons. The van der Waals surface area contributed by atoms with E-state index in [1.165, 1.54) is 12.3 Å². The fraction of sp³-hybridized carbons (Fsp3) is 0.533. The number of amides is 1. The number of carbonyl (C=O) groups is 2. The van der Waals surface area contributed by atoms with Crippen LogP contribution in [0.25, 0.3) is 0 Å². The molecule has 7 nitrogen and oxygen atoms in total. The molecule has 0 radical (unpaired) electrons. The summed E-state index contributed by atoms with van der Waals surface area (Å²) in [5, 5.41) is 9.01. The minimum Gasteiger partial charge on any atom is -0.478 e. The summed E-state index contributed by atoms with van der Waals surface area (Å²) in [4.78, 5) is 31.2. The number of rotatable bonds is 6. The Balaban J connectivity index is 1.97. The topological polar surface area (TPSA) is 83.0 Å². The number of hydrogen-bond acceptors (Lipinski definition) is 5. The first-order chi connectivity index (χ1) is 10.6. The minimum absolute atomic E-state index is 0.0731. The Morgan fingerprint density at radius 1 is 1.45 bits per heavy atom. The van der Waals surface area contributed by atoms with E-state index in [1.807, 2.05) is 9.80 Å². The fourth-order valence-corrected chi connectivity index (χ4v) is 2.48. The Morgan fingerprint density at radius 2 is 2.27 bits per heavy atom. The van der Waals surface area contributed by atoms with Crippen LogP contribution >= 0.6 is 0 Å². The highest BCUT2D eigenvalue weighted by Crippen LogP contribution is 2.10. The second-order valence-corrected chi connectivity index (χ2v) is 5.28. The van der Waals surface area contributed by atoms with E-state index in [0.29, 0.717) is 31.9 Å². The second kappa shape index (κ2) is 7.86. The summed E-state index contributed by atoms with van der Waals surface area (Å²) in [5.74, 6) is -0.898. The van der Waals surface area contributed by atoms with Crippen molar-refractivity contribution in [2.24, 2.45) is 0 Å². The number of nitrogens with zero attached hydrogens (tertiary/aromatic N) is 3. The van der Waals surface area contributed by atoms with Crippen LogP contribution in [0.3, 0.4) is 0 Å². The molecule has 7 heteroatoms. The summed E-state index contributed by atoms with van der Waals surface area (Å²) in [6, 6.07) is 3.02. The van der Waals surface area contributed by atoms with Gasteiger partial charge in [-0.15, -0.1) is 0 Å². The number of hydrogen-bond donors (Lipinski definition) is 1. The van der Waals surface area contributed by atoms with Gasteiger partial charge in [-0.25, -0.2) is 4.79 Å². The Hall–Kier alpha value is -1.99. The number of aromatic nitrogens is 1. The minimum atomic E-state index is -0.971. The number of carbonyl (C=O) groups excluding carboxylic acids is 1. The van der Waals surface area contributed by atoms with Gasteiger partial charge in [0.1, 0.15) is 0 Å². The number of ether oxygens (including phenoxy) is 1. The summed E-state index contributed by atoms with van der Waals surface area (Å²) < 4.78 is 5.02. The van der Waals surface area contributed by atoms with Crippen LogP contribution in [0.5, 0.6) is 0 Å². The van der Waals surface area contributed by atoms with Gasteiger partial charge in [0, 0.05) is 39.5 Å². The molecule has 1 saturated heterocycles. The molecule has 2 heterocycles. The first-order valence-corrected chi connectivity index (χ1v) is 7.27. The van der Waals surface area contributed by atoms with Crippen LogP contribution in [0.4, 0.5) is 0 Å². The maximum atomic E-state index is 12.2. The lowest BCUT2D eigenvalue weighted by Gasteiger charge is -2.21. The fourth-order valence-electron chi connectivity index (χ4n) is 2.48. The molecule has 1 aromatic heterocycles. The van der Waals surface area contributed by atoms with Gasteiger partial charge in [-0.3, -0.25) is 14.7 Å². The van der Waals surface area contributed by atoms with Crippen LogP contribution in [-0.4, -0.2) is 71.7 Å². The van der Waals surface area contributed by atoms with Crippen LogP contribution in [0.15, 0.2) is 18.3 Å². The van der Waals surface area contributed by atoms with Crippen molar-refractivity contribution >= 4 is 11.9 Å². The first kappa shape index (κ1) is 16.4. The highest BCUT2D eigenvalue weighted by molar-refractivity contribution is 5.87. The third kappa shape index (κ3) is 4.51. The monoisotopic (exact) mass is 307 g/mol. The maximum absolute atomic E-state index is 12.2. The lowest BCUT2D eigenvalue weighted by Crippen LogP contribution is -2.38. The number of carboxylic acid groups (broad SMARTS) is 1. The lowest BCUT2D eigenvalue weighted by molar-refractivity contribution is -0.131. The first-order valence-electron chi connectivity index (χ1n) is 7.27. The number of pyridine rings is 1. The predicted octanol–water partition coefficient (Wildman–Crippen LogP) is 0.460. The molecular formula is C15H21N3O4. The molecule has 0 saturated carbocycles. The lowest BCUT2D eigenvalue weighted by atomic mass is 10.2. The Morgan fingerprint density at radius 3 is 3.00 bits per heavy atom. The average molecular weight is 307 g/mol. The molecule has 2 rings (SSSR count). The van der Waals surface area contributed by atoms with Gasteiger partial charge in [0.15, 0.2) is 0 Å². The highest BCUT2D eigenvalue weighted by atomic mass is 16.5. The summed E-state index contributed by atoms with van der Waals surface area (Å²) in [6.45, 7) is 3.45. The number of methoxy groups -OCH3 is 1. The number of aromatic carboxylic acids is 1. The van der Waals surface area contributed by atoms with Gasteiger partial charge >= 0.3 is 5.97 Å². The van der Waals surface area contributed by atoms with E-state index in [0.717, 1.165) is 19.5 Å². The molecule has 0 unspecified atom stereocenters. The van der Waals surface area contributed by atoms with E-state index in [2.05, 4.69) is 4.98 Å². The summed E-state index contributed by atoms with van der Waals surface area (Å²) in [6.07, 6.45) is 2.37. The van der Waals surface area contributed by atoms with E-state index in [9.17, 15) is 9.59 Å². The van der Waals surface area contributed by atoms with Crippen molar-refractivity contribution in [3.8, 4) is 0 Å².